The second-order valence-electron chi connectivity index (χ2n) is 12.5. The first kappa shape index (κ1) is 27.5. The fraction of sp³-hybridized carbons (Fsp3) is 0. The molecule has 0 aliphatic heterocycles. The summed E-state index contributed by atoms with van der Waals surface area (Å²) < 4.78 is 12.8. The first-order chi connectivity index (χ1) is 24.3. The van der Waals surface area contributed by atoms with Gasteiger partial charge in [0.2, 0.25) is 0 Å². The van der Waals surface area contributed by atoms with Crippen molar-refractivity contribution >= 4 is 71.7 Å². The van der Waals surface area contributed by atoms with Crippen LogP contribution in [-0.2, 0) is 0 Å². The maximum Gasteiger partial charge on any atom is 0.137 e. The summed E-state index contributed by atoms with van der Waals surface area (Å²) in [4.78, 5) is 2.35. The Kier molecular flexibility index (Phi) is 6.18. The highest BCUT2D eigenvalue weighted by Crippen LogP contribution is 2.46. The van der Waals surface area contributed by atoms with Crippen molar-refractivity contribution in [3.8, 4) is 22.3 Å². The first-order valence-corrected chi connectivity index (χ1v) is 16.6. The molecule has 0 spiro atoms. The maximum atomic E-state index is 6.42. The third-order valence-electron chi connectivity index (χ3n) is 9.65. The minimum atomic E-state index is 0.856. The Morgan fingerprint density at radius 3 is 1.90 bits per heavy atom. The summed E-state index contributed by atoms with van der Waals surface area (Å²) in [6.45, 7) is 0. The normalized spacial score (nSPS) is 11.7. The molecule has 49 heavy (non-hydrogen) atoms. The van der Waals surface area contributed by atoms with E-state index < -0.39 is 0 Å². The molecule has 0 aliphatic carbocycles. The SMILES string of the molecule is c1cc(-c2ccc3ccccc3c2)cc(N(c2ccc3c(c2)oc2ccccc23)c2ccccc2-c2cccc3oc4ccccc4c23)c1. The van der Waals surface area contributed by atoms with Crippen LogP contribution in [0.2, 0.25) is 0 Å². The van der Waals surface area contributed by atoms with Crippen LogP contribution in [0.4, 0.5) is 17.1 Å². The predicted molar refractivity (Wildman–Crippen MR) is 204 cm³/mol. The molecule has 3 heteroatoms. The van der Waals surface area contributed by atoms with E-state index in [0.29, 0.717) is 0 Å². The Morgan fingerprint density at radius 2 is 0.980 bits per heavy atom. The van der Waals surface area contributed by atoms with Gasteiger partial charge in [0.05, 0.1) is 5.69 Å². The Morgan fingerprint density at radius 1 is 0.347 bits per heavy atom. The molecule has 0 radical (unpaired) electrons. The lowest BCUT2D eigenvalue weighted by Gasteiger charge is -2.28. The zero-order chi connectivity index (χ0) is 32.3. The molecule has 0 saturated heterocycles. The quantitative estimate of drug-likeness (QED) is 0.190. The highest BCUT2D eigenvalue weighted by Gasteiger charge is 2.21. The average molecular weight is 628 g/mol. The molecule has 2 aromatic heterocycles. The molecule has 0 saturated carbocycles. The predicted octanol–water partition coefficient (Wildman–Crippen LogP) is 13.4. The Labute approximate surface area is 282 Å². The summed E-state index contributed by atoms with van der Waals surface area (Å²) in [6, 6.07) is 62.1. The number of anilines is 3. The number of benzene rings is 8. The van der Waals surface area contributed by atoms with Gasteiger partial charge in [0, 0.05) is 44.5 Å². The topological polar surface area (TPSA) is 29.5 Å². The number of hydrogen-bond acceptors (Lipinski definition) is 3. The Balaban J connectivity index is 1.21. The third-order valence-corrected chi connectivity index (χ3v) is 9.65. The molecule has 0 aliphatic rings. The fourth-order valence-corrected chi connectivity index (χ4v) is 7.37. The van der Waals surface area contributed by atoms with Gasteiger partial charge in [0.1, 0.15) is 22.3 Å². The van der Waals surface area contributed by atoms with Crippen LogP contribution in [0.15, 0.2) is 185 Å². The van der Waals surface area contributed by atoms with E-state index in [2.05, 4.69) is 157 Å². The van der Waals surface area contributed by atoms with E-state index in [4.69, 9.17) is 8.83 Å². The van der Waals surface area contributed by atoms with Crippen molar-refractivity contribution < 1.29 is 8.83 Å². The largest absolute Gasteiger partial charge is 0.456 e. The molecular formula is C46H29NO2. The summed E-state index contributed by atoms with van der Waals surface area (Å²) in [5, 5.41) is 6.90. The fourth-order valence-electron chi connectivity index (χ4n) is 7.37. The van der Waals surface area contributed by atoms with Crippen LogP contribution in [0.5, 0.6) is 0 Å². The van der Waals surface area contributed by atoms with Gasteiger partial charge < -0.3 is 13.7 Å². The lowest BCUT2D eigenvalue weighted by atomic mass is 9.96. The molecule has 0 N–H and O–H groups in total. The zero-order valence-corrected chi connectivity index (χ0v) is 26.5. The third kappa shape index (κ3) is 4.51. The van der Waals surface area contributed by atoms with E-state index in [1.54, 1.807) is 0 Å². The van der Waals surface area contributed by atoms with E-state index in [1.165, 1.54) is 16.3 Å². The zero-order valence-electron chi connectivity index (χ0n) is 26.5. The van der Waals surface area contributed by atoms with Gasteiger partial charge in [-0.05, 0) is 82.1 Å². The standard InChI is InChI=1S/C46H29NO2/c1-2-12-31-27-33(24-23-30(31)11-1)32-13-9-14-34(28-32)47(35-25-26-38-37-16-4-7-20-42(37)49-45(38)29-35)41-19-6-3-15-36(41)39-18-10-22-44-46(39)40-17-5-8-21-43(40)48-44/h1-29H. The summed E-state index contributed by atoms with van der Waals surface area (Å²) in [5.74, 6) is 0. The van der Waals surface area contributed by atoms with E-state index in [0.717, 1.165) is 77.6 Å². The molecule has 10 rings (SSSR count). The van der Waals surface area contributed by atoms with Crippen molar-refractivity contribution in [2.45, 2.75) is 0 Å². The van der Waals surface area contributed by atoms with Gasteiger partial charge in [0.15, 0.2) is 0 Å². The molecule has 230 valence electrons. The highest BCUT2D eigenvalue weighted by molar-refractivity contribution is 6.14. The van der Waals surface area contributed by atoms with Gasteiger partial charge in [-0.2, -0.15) is 0 Å². The monoisotopic (exact) mass is 627 g/mol. The van der Waals surface area contributed by atoms with Gasteiger partial charge in [-0.15, -0.1) is 0 Å². The van der Waals surface area contributed by atoms with Crippen LogP contribution in [0.1, 0.15) is 0 Å². The number of para-hydroxylation sites is 3. The molecule has 0 bridgehead atoms. The second-order valence-corrected chi connectivity index (χ2v) is 12.5. The van der Waals surface area contributed by atoms with E-state index in [1.807, 2.05) is 24.3 Å². The molecular weight excluding hydrogens is 599 g/mol. The average Bonchev–Trinajstić information content (AvgIpc) is 3.73. The molecule has 0 amide bonds. The number of rotatable bonds is 5. The molecule has 0 atom stereocenters. The van der Waals surface area contributed by atoms with Crippen LogP contribution in [0.3, 0.4) is 0 Å². The van der Waals surface area contributed by atoms with Crippen LogP contribution in [-0.4, -0.2) is 0 Å². The van der Waals surface area contributed by atoms with Gasteiger partial charge in [-0.3, -0.25) is 0 Å². The van der Waals surface area contributed by atoms with Gasteiger partial charge in [-0.1, -0.05) is 115 Å². The van der Waals surface area contributed by atoms with Crippen LogP contribution in [0.25, 0.3) is 76.9 Å². The molecule has 0 unspecified atom stereocenters. The minimum Gasteiger partial charge on any atom is -0.456 e. The van der Waals surface area contributed by atoms with Gasteiger partial charge >= 0.3 is 0 Å². The number of nitrogens with zero attached hydrogens (tertiary/aromatic N) is 1. The smallest absolute Gasteiger partial charge is 0.137 e. The minimum absolute atomic E-state index is 0.856. The van der Waals surface area contributed by atoms with E-state index in [9.17, 15) is 0 Å². The van der Waals surface area contributed by atoms with Crippen LogP contribution in [0, 0.1) is 0 Å². The first-order valence-electron chi connectivity index (χ1n) is 16.6. The number of fused-ring (bicyclic) bond motifs is 7. The van der Waals surface area contributed by atoms with Crippen molar-refractivity contribution in [3.63, 3.8) is 0 Å². The summed E-state index contributed by atoms with van der Waals surface area (Å²) >= 11 is 0. The molecule has 2 heterocycles. The number of furan rings is 2. The van der Waals surface area contributed by atoms with Crippen molar-refractivity contribution in [1.29, 1.82) is 0 Å². The summed E-state index contributed by atoms with van der Waals surface area (Å²) in [5.41, 5.74) is 11.2. The molecule has 8 aromatic carbocycles. The van der Waals surface area contributed by atoms with E-state index >= 15 is 0 Å². The van der Waals surface area contributed by atoms with Crippen molar-refractivity contribution in [2.75, 3.05) is 4.90 Å². The summed E-state index contributed by atoms with van der Waals surface area (Å²) in [7, 11) is 0. The van der Waals surface area contributed by atoms with Gasteiger partial charge in [-0.25, -0.2) is 0 Å². The molecule has 3 nitrogen and oxygen atoms in total. The Hall–Kier alpha value is -6.58. The van der Waals surface area contributed by atoms with E-state index in [-0.39, 0.29) is 0 Å². The summed E-state index contributed by atoms with van der Waals surface area (Å²) in [6.07, 6.45) is 0. The maximum absolute atomic E-state index is 6.42. The molecule has 0 fully saturated rings. The lowest BCUT2D eigenvalue weighted by molar-refractivity contribution is 0.668. The van der Waals surface area contributed by atoms with Crippen molar-refractivity contribution in [2.24, 2.45) is 0 Å². The Bertz CT molecular complexity index is 2860. The van der Waals surface area contributed by atoms with Gasteiger partial charge in [0.25, 0.3) is 0 Å². The number of hydrogen-bond donors (Lipinski definition) is 0. The van der Waals surface area contributed by atoms with Crippen molar-refractivity contribution in [3.05, 3.63) is 176 Å². The highest BCUT2D eigenvalue weighted by atomic mass is 16.3. The van der Waals surface area contributed by atoms with Crippen LogP contribution < -0.4 is 4.90 Å². The second kappa shape index (κ2) is 11.0. The molecule has 10 aromatic rings. The van der Waals surface area contributed by atoms with Crippen LogP contribution >= 0.6 is 0 Å². The van der Waals surface area contributed by atoms with Crippen molar-refractivity contribution in [1.82, 2.24) is 0 Å². The lowest BCUT2D eigenvalue weighted by Crippen LogP contribution is -2.11.